The molecule has 3 aromatic rings. The zero-order chi connectivity index (χ0) is 23.7. The number of nitro groups is 1. The molecule has 9 nitrogen and oxygen atoms in total. The predicted molar refractivity (Wildman–Crippen MR) is 119 cm³/mol. The van der Waals surface area contributed by atoms with Crippen LogP contribution in [0, 0.1) is 10.1 Å². The summed E-state index contributed by atoms with van der Waals surface area (Å²) in [6.45, 7) is 0. The number of hydrogen-bond acceptors (Lipinski definition) is 7. The molecule has 1 heterocycles. The highest BCUT2D eigenvalue weighted by atomic mass is 16.6. The molecule has 1 fully saturated rings. The summed E-state index contributed by atoms with van der Waals surface area (Å²) in [6.07, 6.45) is 0. The number of nitro benzene ring substituents is 1. The van der Waals surface area contributed by atoms with Crippen molar-refractivity contribution in [1.29, 1.82) is 0 Å². The number of benzene rings is 3. The van der Waals surface area contributed by atoms with Crippen LogP contribution < -0.4 is 9.64 Å². The molecule has 4 rings (SSSR count). The number of phenolic OH excluding ortho intramolecular Hbond substituents is 1. The van der Waals surface area contributed by atoms with Crippen LogP contribution in [0.1, 0.15) is 17.2 Å². The van der Waals surface area contributed by atoms with Crippen molar-refractivity contribution >= 4 is 28.8 Å². The molecule has 0 aliphatic carbocycles. The molecule has 1 atom stereocenters. The summed E-state index contributed by atoms with van der Waals surface area (Å²) in [5, 5.41) is 32.4. The summed E-state index contributed by atoms with van der Waals surface area (Å²) in [4.78, 5) is 37.7. The normalized spacial score (nSPS) is 17.2. The van der Waals surface area contributed by atoms with Gasteiger partial charge in [0.1, 0.15) is 17.3 Å². The average molecular weight is 446 g/mol. The highest BCUT2D eigenvalue weighted by Crippen LogP contribution is 2.45. The summed E-state index contributed by atoms with van der Waals surface area (Å²) >= 11 is 0. The molecule has 1 amide bonds. The van der Waals surface area contributed by atoms with Crippen LogP contribution in [0.15, 0.2) is 78.4 Å². The maximum Gasteiger partial charge on any atom is 0.300 e. The Kier molecular flexibility index (Phi) is 5.53. The summed E-state index contributed by atoms with van der Waals surface area (Å²) in [7, 11) is 1.47. The Hall–Kier alpha value is -4.66. The van der Waals surface area contributed by atoms with Gasteiger partial charge in [-0.1, -0.05) is 24.3 Å². The average Bonchev–Trinajstić information content (AvgIpc) is 3.09. The number of carbonyl (C=O) groups is 2. The van der Waals surface area contributed by atoms with Crippen LogP contribution in [-0.4, -0.2) is 33.9 Å². The number of phenols is 1. The molecule has 0 spiro atoms. The molecule has 33 heavy (non-hydrogen) atoms. The Morgan fingerprint density at radius 3 is 2.36 bits per heavy atom. The van der Waals surface area contributed by atoms with Crippen molar-refractivity contribution in [3.8, 4) is 11.5 Å². The number of para-hydroxylation sites is 2. The van der Waals surface area contributed by atoms with Gasteiger partial charge in [0, 0.05) is 17.7 Å². The van der Waals surface area contributed by atoms with E-state index in [9.17, 15) is 29.9 Å². The number of aliphatic hydroxyl groups excluding tert-OH is 1. The van der Waals surface area contributed by atoms with Gasteiger partial charge in [0.15, 0.2) is 0 Å². The van der Waals surface area contributed by atoms with Crippen molar-refractivity contribution in [2.45, 2.75) is 6.04 Å². The second-order valence-electron chi connectivity index (χ2n) is 7.24. The summed E-state index contributed by atoms with van der Waals surface area (Å²) in [5.74, 6) is -2.14. The topological polar surface area (TPSA) is 130 Å². The van der Waals surface area contributed by atoms with E-state index in [1.54, 1.807) is 36.4 Å². The lowest BCUT2D eigenvalue weighted by molar-refractivity contribution is -0.384. The smallest absolute Gasteiger partial charge is 0.300 e. The number of amides is 1. The minimum atomic E-state index is -1.08. The van der Waals surface area contributed by atoms with E-state index in [-0.39, 0.29) is 28.3 Å². The molecule has 0 bridgehead atoms. The summed E-state index contributed by atoms with van der Waals surface area (Å²) in [6, 6.07) is 16.6. The number of anilines is 1. The number of ketones is 1. The van der Waals surface area contributed by atoms with E-state index in [0.29, 0.717) is 11.3 Å². The highest BCUT2D eigenvalue weighted by Gasteiger charge is 2.47. The molecule has 166 valence electrons. The third-order valence-electron chi connectivity index (χ3n) is 5.35. The number of hydrogen-bond donors (Lipinski definition) is 2. The largest absolute Gasteiger partial charge is 0.507 e. The van der Waals surface area contributed by atoms with Crippen LogP contribution in [0.2, 0.25) is 0 Å². The fourth-order valence-corrected chi connectivity index (χ4v) is 3.77. The fraction of sp³-hybridized carbons (Fsp3) is 0.0833. The van der Waals surface area contributed by atoms with E-state index >= 15 is 0 Å². The van der Waals surface area contributed by atoms with Gasteiger partial charge >= 0.3 is 0 Å². The number of ether oxygens (including phenoxy) is 1. The first-order chi connectivity index (χ1) is 15.8. The summed E-state index contributed by atoms with van der Waals surface area (Å²) in [5.41, 5.74) is 0.273. The zero-order valence-electron chi connectivity index (χ0n) is 17.3. The van der Waals surface area contributed by atoms with Gasteiger partial charge in [0.25, 0.3) is 17.4 Å². The van der Waals surface area contributed by atoms with Crippen molar-refractivity contribution < 1.29 is 29.5 Å². The van der Waals surface area contributed by atoms with Gasteiger partial charge in [-0.05, 0) is 42.0 Å². The Bertz CT molecular complexity index is 1300. The quantitative estimate of drug-likeness (QED) is 0.200. The molecule has 1 aliphatic rings. The van der Waals surface area contributed by atoms with E-state index in [1.807, 2.05) is 0 Å². The Morgan fingerprint density at radius 2 is 1.73 bits per heavy atom. The number of carbonyl (C=O) groups excluding carboxylic acids is 2. The monoisotopic (exact) mass is 446 g/mol. The number of Topliss-reactive ketones (excluding diaryl/α,β-unsaturated/α-hetero) is 1. The second-order valence-corrected chi connectivity index (χ2v) is 7.24. The van der Waals surface area contributed by atoms with Crippen molar-refractivity contribution in [3.63, 3.8) is 0 Å². The Labute approximate surface area is 187 Å². The highest BCUT2D eigenvalue weighted by molar-refractivity contribution is 6.51. The number of aliphatic hydroxyl groups is 1. The van der Waals surface area contributed by atoms with E-state index in [0.717, 1.165) is 4.90 Å². The van der Waals surface area contributed by atoms with Gasteiger partial charge in [-0.25, -0.2) is 0 Å². The SMILES string of the molecule is COc1cccc(C2/C(=C(/O)c3ccc([N+](=O)[O-])cc3)C(=O)C(=O)N2c2ccccc2O)c1. The van der Waals surface area contributed by atoms with Gasteiger partial charge < -0.3 is 14.9 Å². The van der Waals surface area contributed by atoms with Gasteiger partial charge in [0.2, 0.25) is 0 Å². The molecular weight excluding hydrogens is 428 g/mol. The molecular formula is C24H18N2O7. The van der Waals surface area contributed by atoms with E-state index in [4.69, 9.17) is 4.74 Å². The van der Waals surface area contributed by atoms with Crippen molar-refractivity contribution in [1.82, 2.24) is 0 Å². The van der Waals surface area contributed by atoms with Crippen LogP contribution >= 0.6 is 0 Å². The first-order valence-corrected chi connectivity index (χ1v) is 9.81. The standard InChI is InChI=1S/C24H18N2O7/c1-33-17-6-4-5-15(13-17)21-20(22(28)14-9-11-16(12-10-14)26(31)32)23(29)24(30)25(21)18-7-2-3-8-19(18)27/h2-13,21,27-28H,1H3/b22-20-. The molecule has 9 heteroatoms. The van der Waals surface area contributed by atoms with Crippen LogP contribution in [0.25, 0.3) is 5.76 Å². The molecule has 0 saturated carbocycles. The zero-order valence-corrected chi connectivity index (χ0v) is 17.3. The minimum absolute atomic E-state index is 0.0927. The number of nitrogens with zero attached hydrogens (tertiary/aromatic N) is 2. The number of rotatable bonds is 5. The Balaban J connectivity index is 1.95. The number of methoxy groups -OCH3 is 1. The molecule has 1 unspecified atom stereocenters. The molecule has 1 saturated heterocycles. The van der Waals surface area contributed by atoms with Crippen molar-refractivity contribution in [2.24, 2.45) is 0 Å². The van der Waals surface area contributed by atoms with Gasteiger partial charge in [-0.15, -0.1) is 0 Å². The number of aromatic hydroxyl groups is 1. The first-order valence-electron chi connectivity index (χ1n) is 9.81. The fourth-order valence-electron chi connectivity index (χ4n) is 3.77. The van der Waals surface area contributed by atoms with Gasteiger partial charge in [-0.3, -0.25) is 24.6 Å². The van der Waals surface area contributed by atoms with Crippen LogP contribution in [-0.2, 0) is 9.59 Å². The van der Waals surface area contributed by atoms with Gasteiger partial charge in [-0.2, -0.15) is 0 Å². The van der Waals surface area contributed by atoms with E-state index in [1.165, 1.54) is 43.5 Å². The minimum Gasteiger partial charge on any atom is -0.507 e. The molecule has 0 radical (unpaired) electrons. The second kappa shape index (κ2) is 8.46. The molecule has 3 aromatic carbocycles. The van der Waals surface area contributed by atoms with Crippen LogP contribution in [0.5, 0.6) is 11.5 Å². The van der Waals surface area contributed by atoms with Crippen molar-refractivity contribution in [2.75, 3.05) is 12.0 Å². The lowest BCUT2D eigenvalue weighted by Gasteiger charge is -2.26. The van der Waals surface area contributed by atoms with Crippen LogP contribution in [0.3, 0.4) is 0 Å². The summed E-state index contributed by atoms with van der Waals surface area (Å²) < 4.78 is 5.27. The number of non-ortho nitro benzene ring substituents is 1. The maximum atomic E-state index is 13.1. The lowest BCUT2D eigenvalue weighted by Crippen LogP contribution is -2.29. The third kappa shape index (κ3) is 3.76. The van der Waals surface area contributed by atoms with Gasteiger partial charge in [0.05, 0.1) is 29.3 Å². The van der Waals surface area contributed by atoms with E-state index < -0.39 is 28.4 Å². The molecule has 2 N–H and O–H groups in total. The van der Waals surface area contributed by atoms with E-state index in [2.05, 4.69) is 0 Å². The van der Waals surface area contributed by atoms with Crippen LogP contribution in [0.4, 0.5) is 11.4 Å². The predicted octanol–water partition coefficient (Wildman–Crippen LogP) is 3.94. The maximum absolute atomic E-state index is 13.1. The Morgan fingerprint density at radius 1 is 1.03 bits per heavy atom. The molecule has 1 aliphatic heterocycles. The first kappa shape index (κ1) is 21.6. The molecule has 0 aromatic heterocycles. The lowest BCUT2D eigenvalue weighted by atomic mass is 9.95. The van der Waals surface area contributed by atoms with Crippen molar-refractivity contribution in [3.05, 3.63) is 99.6 Å². The third-order valence-corrected chi connectivity index (χ3v) is 5.35.